The third-order valence-electron chi connectivity index (χ3n) is 7.82. The fourth-order valence-corrected chi connectivity index (χ4v) is 6.79. The zero-order valence-corrected chi connectivity index (χ0v) is 14.3. The molecule has 3 saturated carbocycles. The minimum Gasteiger partial charge on any atom is -0.465 e. The van der Waals surface area contributed by atoms with E-state index >= 15 is 0 Å². The number of carbonyl (C=O) groups is 2. The molecule has 0 spiro atoms. The Balaban J connectivity index is 1.32. The standard InChI is InChI=1S/C20H26O4/c1-2-20(5-6-23-16(21)10-20)24-19(22)15-9-13-8-14(15)18-12-4-3-11(7-12)17(13)18/h3-4,11-15,17-18H,2,5-10H2,1H3. The Kier molecular flexibility index (Phi) is 3.18. The molecule has 1 aliphatic heterocycles. The van der Waals surface area contributed by atoms with Gasteiger partial charge in [0.25, 0.3) is 0 Å². The van der Waals surface area contributed by atoms with Crippen molar-refractivity contribution >= 4 is 11.9 Å². The van der Waals surface area contributed by atoms with Gasteiger partial charge in [-0.25, -0.2) is 0 Å². The lowest BCUT2D eigenvalue weighted by atomic mass is 9.69. The Morgan fingerprint density at radius 2 is 2.04 bits per heavy atom. The molecule has 1 heterocycles. The quantitative estimate of drug-likeness (QED) is 0.453. The van der Waals surface area contributed by atoms with E-state index in [-0.39, 0.29) is 24.3 Å². The molecule has 5 rings (SSSR count). The molecule has 4 bridgehead atoms. The van der Waals surface area contributed by atoms with Crippen molar-refractivity contribution in [3.8, 4) is 0 Å². The average Bonchev–Trinajstić information content (AvgIpc) is 3.33. The van der Waals surface area contributed by atoms with Crippen molar-refractivity contribution < 1.29 is 19.1 Å². The molecular weight excluding hydrogens is 304 g/mol. The van der Waals surface area contributed by atoms with E-state index in [1.54, 1.807) is 0 Å². The monoisotopic (exact) mass is 330 g/mol. The smallest absolute Gasteiger partial charge is 0.309 e. The van der Waals surface area contributed by atoms with E-state index in [2.05, 4.69) is 12.2 Å². The molecule has 0 aromatic heterocycles. The van der Waals surface area contributed by atoms with Crippen LogP contribution in [-0.2, 0) is 19.1 Å². The van der Waals surface area contributed by atoms with Gasteiger partial charge in [0, 0.05) is 6.42 Å². The molecule has 0 amide bonds. The fraction of sp³-hybridized carbons (Fsp3) is 0.800. The summed E-state index contributed by atoms with van der Waals surface area (Å²) in [5, 5.41) is 0. The molecule has 1 saturated heterocycles. The highest BCUT2D eigenvalue weighted by atomic mass is 16.6. The van der Waals surface area contributed by atoms with Crippen LogP contribution in [0.3, 0.4) is 0 Å². The first kappa shape index (κ1) is 15.0. The molecule has 5 aliphatic rings. The number of esters is 2. The molecule has 24 heavy (non-hydrogen) atoms. The van der Waals surface area contributed by atoms with Crippen LogP contribution in [0.25, 0.3) is 0 Å². The molecule has 8 unspecified atom stereocenters. The van der Waals surface area contributed by atoms with Gasteiger partial charge < -0.3 is 9.47 Å². The summed E-state index contributed by atoms with van der Waals surface area (Å²) in [7, 11) is 0. The number of hydrogen-bond acceptors (Lipinski definition) is 4. The molecule has 4 nitrogen and oxygen atoms in total. The van der Waals surface area contributed by atoms with E-state index in [0.29, 0.717) is 43.1 Å². The molecule has 0 N–H and O–H groups in total. The number of ether oxygens (including phenoxy) is 2. The molecule has 0 aromatic rings. The van der Waals surface area contributed by atoms with E-state index in [0.717, 1.165) is 18.3 Å². The number of hydrogen-bond donors (Lipinski definition) is 0. The summed E-state index contributed by atoms with van der Waals surface area (Å²) in [5.74, 6) is 4.04. The zero-order chi connectivity index (χ0) is 16.5. The van der Waals surface area contributed by atoms with Crippen LogP contribution in [0, 0.1) is 41.4 Å². The summed E-state index contributed by atoms with van der Waals surface area (Å²) in [4.78, 5) is 24.7. The maximum absolute atomic E-state index is 13.0. The topological polar surface area (TPSA) is 52.6 Å². The minimum absolute atomic E-state index is 0.0377. The lowest BCUT2D eigenvalue weighted by molar-refractivity contribution is -0.183. The van der Waals surface area contributed by atoms with Crippen molar-refractivity contribution in [3.63, 3.8) is 0 Å². The Morgan fingerprint density at radius 3 is 2.79 bits per heavy atom. The lowest BCUT2D eigenvalue weighted by Gasteiger charge is -2.39. The summed E-state index contributed by atoms with van der Waals surface area (Å²) >= 11 is 0. The molecular formula is C20H26O4. The highest BCUT2D eigenvalue weighted by molar-refractivity contribution is 5.76. The number of carbonyl (C=O) groups excluding carboxylic acids is 2. The lowest BCUT2D eigenvalue weighted by Crippen LogP contribution is -2.45. The van der Waals surface area contributed by atoms with Crippen LogP contribution in [0.2, 0.25) is 0 Å². The Hall–Kier alpha value is -1.32. The van der Waals surface area contributed by atoms with Gasteiger partial charge in [0.1, 0.15) is 5.60 Å². The van der Waals surface area contributed by atoms with Crippen molar-refractivity contribution in [1.29, 1.82) is 0 Å². The third kappa shape index (κ3) is 1.98. The van der Waals surface area contributed by atoms with Crippen LogP contribution in [0.4, 0.5) is 0 Å². The summed E-state index contributed by atoms with van der Waals surface area (Å²) in [6, 6.07) is 0. The van der Waals surface area contributed by atoms with Crippen molar-refractivity contribution in [2.45, 2.75) is 51.0 Å². The van der Waals surface area contributed by atoms with E-state index in [9.17, 15) is 9.59 Å². The summed E-state index contributed by atoms with van der Waals surface area (Å²) < 4.78 is 11.0. The largest absolute Gasteiger partial charge is 0.465 e. The first-order valence-electron chi connectivity index (χ1n) is 9.67. The SMILES string of the molecule is CCC1(OC(=O)C2CC3CC2C2C4C=CC(C4)C32)CCOC(=O)C1. The second-order valence-electron chi connectivity index (χ2n) is 8.71. The van der Waals surface area contributed by atoms with Gasteiger partial charge in [0.15, 0.2) is 0 Å². The molecule has 0 aromatic carbocycles. The first-order valence-corrected chi connectivity index (χ1v) is 9.67. The van der Waals surface area contributed by atoms with Crippen LogP contribution >= 0.6 is 0 Å². The molecule has 4 fully saturated rings. The van der Waals surface area contributed by atoms with E-state index in [4.69, 9.17) is 9.47 Å². The highest BCUT2D eigenvalue weighted by Crippen LogP contribution is 2.67. The summed E-state index contributed by atoms with van der Waals surface area (Å²) in [5.41, 5.74) is -0.623. The molecule has 130 valence electrons. The number of rotatable bonds is 3. The number of cyclic esters (lactones) is 1. The van der Waals surface area contributed by atoms with Gasteiger partial charge in [0.2, 0.25) is 0 Å². The van der Waals surface area contributed by atoms with Gasteiger partial charge in [-0.2, -0.15) is 0 Å². The highest BCUT2D eigenvalue weighted by Gasteiger charge is 2.62. The minimum atomic E-state index is -0.623. The van der Waals surface area contributed by atoms with Crippen LogP contribution < -0.4 is 0 Å². The van der Waals surface area contributed by atoms with Gasteiger partial charge in [-0.1, -0.05) is 19.1 Å². The Morgan fingerprint density at radius 1 is 1.25 bits per heavy atom. The van der Waals surface area contributed by atoms with Gasteiger partial charge in [-0.3, -0.25) is 9.59 Å². The van der Waals surface area contributed by atoms with E-state index in [1.807, 2.05) is 6.92 Å². The number of allylic oxidation sites excluding steroid dienone is 2. The summed E-state index contributed by atoms with van der Waals surface area (Å²) in [6.07, 6.45) is 9.91. The van der Waals surface area contributed by atoms with Crippen molar-refractivity contribution in [1.82, 2.24) is 0 Å². The van der Waals surface area contributed by atoms with Crippen LogP contribution in [-0.4, -0.2) is 24.1 Å². The first-order chi connectivity index (χ1) is 11.6. The Bertz CT molecular complexity index is 611. The predicted molar refractivity (Wildman–Crippen MR) is 86.7 cm³/mol. The van der Waals surface area contributed by atoms with Crippen LogP contribution in [0.5, 0.6) is 0 Å². The van der Waals surface area contributed by atoms with Gasteiger partial charge in [0.05, 0.1) is 18.9 Å². The van der Waals surface area contributed by atoms with Crippen molar-refractivity contribution in [3.05, 3.63) is 12.2 Å². The third-order valence-corrected chi connectivity index (χ3v) is 7.82. The predicted octanol–water partition coefficient (Wildman–Crippen LogP) is 3.11. The van der Waals surface area contributed by atoms with Crippen molar-refractivity contribution in [2.24, 2.45) is 41.4 Å². The maximum atomic E-state index is 13.0. The van der Waals surface area contributed by atoms with Gasteiger partial charge in [-0.15, -0.1) is 0 Å². The molecule has 4 aliphatic carbocycles. The van der Waals surface area contributed by atoms with Gasteiger partial charge in [-0.05, 0) is 61.2 Å². The maximum Gasteiger partial charge on any atom is 0.309 e. The van der Waals surface area contributed by atoms with Crippen molar-refractivity contribution in [2.75, 3.05) is 6.61 Å². The summed E-state index contributed by atoms with van der Waals surface area (Å²) in [6.45, 7) is 2.37. The molecule has 8 atom stereocenters. The second kappa shape index (κ2) is 5.09. The van der Waals surface area contributed by atoms with E-state index < -0.39 is 5.60 Å². The van der Waals surface area contributed by atoms with Gasteiger partial charge >= 0.3 is 11.9 Å². The second-order valence-corrected chi connectivity index (χ2v) is 8.71. The van der Waals surface area contributed by atoms with Crippen LogP contribution in [0.1, 0.15) is 45.4 Å². The molecule has 0 radical (unpaired) electrons. The zero-order valence-electron chi connectivity index (χ0n) is 14.3. The van der Waals surface area contributed by atoms with E-state index in [1.165, 1.54) is 12.8 Å². The molecule has 4 heteroatoms. The fourth-order valence-electron chi connectivity index (χ4n) is 6.79. The van der Waals surface area contributed by atoms with Crippen LogP contribution in [0.15, 0.2) is 12.2 Å². The normalized spacial score (nSPS) is 50.9. The average molecular weight is 330 g/mol. The number of fused-ring (bicyclic) bond motifs is 9. The Labute approximate surface area is 143 Å².